The van der Waals surface area contributed by atoms with Crippen molar-refractivity contribution in [2.45, 2.75) is 65.9 Å². The maximum atomic E-state index is 9.30. The molecule has 5 heteroatoms. The Kier molecular flexibility index (Phi) is 8.05. The molecule has 1 atom stereocenters. The van der Waals surface area contributed by atoms with E-state index in [9.17, 15) is 5.11 Å². The van der Waals surface area contributed by atoms with Gasteiger partial charge in [-0.3, -0.25) is 0 Å². The summed E-state index contributed by atoms with van der Waals surface area (Å²) >= 11 is 0. The molecule has 21 heavy (non-hydrogen) atoms. The van der Waals surface area contributed by atoms with Gasteiger partial charge in [-0.1, -0.05) is 13.8 Å². The molecule has 0 fully saturated rings. The number of nitrogens with one attached hydrogen (secondary N) is 2. The molecular weight excluding hydrogens is 264 g/mol. The predicted molar refractivity (Wildman–Crippen MR) is 88.9 cm³/mol. The van der Waals surface area contributed by atoms with E-state index in [-0.39, 0.29) is 6.10 Å². The highest BCUT2D eigenvalue weighted by Crippen LogP contribution is 2.20. The normalized spacial score (nSPS) is 12.2. The Bertz CT molecular complexity index is 421. The van der Waals surface area contributed by atoms with Crippen LogP contribution >= 0.6 is 0 Å². The van der Waals surface area contributed by atoms with E-state index in [0.29, 0.717) is 0 Å². The molecule has 3 N–H and O–H groups in total. The highest BCUT2D eigenvalue weighted by molar-refractivity contribution is 5.57. The second-order valence-corrected chi connectivity index (χ2v) is 5.56. The molecule has 1 heterocycles. The summed E-state index contributed by atoms with van der Waals surface area (Å²) in [6.45, 7) is 9.89. The molecule has 5 nitrogen and oxygen atoms in total. The summed E-state index contributed by atoms with van der Waals surface area (Å²) in [4.78, 5) is 9.24. The van der Waals surface area contributed by atoms with Crippen LogP contribution in [0.1, 0.15) is 57.8 Å². The van der Waals surface area contributed by atoms with Gasteiger partial charge in [0.15, 0.2) is 0 Å². The summed E-state index contributed by atoms with van der Waals surface area (Å²) in [6, 6.07) is 0. The highest BCUT2D eigenvalue weighted by atomic mass is 16.3. The van der Waals surface area contributed by atoms with Gasteiger partial charge in [0.25, 0.3) is 0 Å². The van der Waals surface area contributed by atoms with Crippen LogP contribution in [0.2, 0.25) is 0 Å². The number of hydrogen-bond acceptors (Lipinski definition) is 5. The summed E-state index contributed by atoms with van der Waals surface area (Å²) in [5, 5.41) is 16.1. The zero-order valence-corrected chi connectivity index (χ0v) is 13.9. The molecule has 1 aromatic rings. The van der Waals surface area contributed by atoms with Gasteiger partial charge in [-0.25, -0.2) is 9.97 Å². The van der Waals surface area contributed by atoms with Crippen molar-refractivity contribution in [3.05, 3.63) is 11.4 Å². The molecule has 0 aliphatic heterocycles. The molecule has 120 valence electrons. The van der Waals surface area contributed by atoms with Crippen LogP contribution in [-0.2, 0) is 6.42 Å². The fourth-order valence-electron chi connectivity index (χ4n) is 2.09. The minimum absolute atomic E-state index is 0.240. The van der Waals surface area contributed by atoms with Crippen LogP contribution in [0.3, 0.4) is 0 Å². The number of rotatable bonds is 10. The van der Waals surface area contributed by atoms with E-state index < -0.39 is 0 Å². The van der Waals surface area contributed by atoms with Gasteiger partial charge in [0.1, 0.15) is 17.5 Å². The topological polar surface area (TPSA) is 70.1 Å². The smallest absolute Gasteiger partial charge is 0.134 e. The molecule has 1 rings (SSSR count). The molecule has 0 amide bonds. The van der Waals surface area contributed by atoms with E-state index >= 15 is 0 Å². The lowest BCUT2D eigenvalue weighted by atomic mass is 10.2. The summed E-state index contributed by atoms with van der Waals surface area (Å²) < 4.78 is 0. The van der Waals surface area contributed by atoms with E-state index in [2.05, 4.69) is 34.4 Å². The third-order valence-electron chi connectivity index (χ3n) is 3.30. The van der Waals surface area contributed by atoms with Gasteiger partial charge >= 0.3 is 0 Å². The lowest BCUT2D eigenvalue weighted by Crippen LogP contribution is -2.13. The Hall–Kier alpha value is -1.36. The molecule has 0 aromatic carbocycles. The van der Waals surface area contributed by atoms with E-state index in [4.69, 9.17) is 0 Å². The predicted octanol–water partition coefficient (Wildman–Crippen LogP) is 3.13. The van der Waals surface area contributed by atoms with Gasteiger partial charge in [-0.15, -0.1) is 0 Å². The number of aryl methyl sites for hydroxylation is 1. The zero-order chi connectivity index (χ0) is 15.7. The molecule has 0 aliphatic rings. The molecule has 0 bridgehead atoms. The first kappa shape index (κ1) is 17.7. The fourth-order valence-corrected chi connectivity index (χ4v) is 2.09. The van der Waals surface area contributed by atoms with Gasteiger partial charge < -0.3 is 15.7 Å². The fraction of sp³-hybridized carbons (Fsp3) is 0.750. The second kappa shape index (κ2) is 9.55. The van der Waals surface area contributed by atoms with E-state index in [1.165, 1.54) is 0 Å². The number of anilines is 2. The SMILES string of the molecule is CCCNc1nc(CCC)nc(NCCCC(C)O)c1C. The quantitative estimate of drug-likeness (QED) is 0.578. The van der Waals surface area contributed by atoms with Gasteiger partial charge in [-0.05, 0) is 39.5 Å². The van der Waals surface area contributed by atoms with Crippen molar-refractivity contribution >= 4 is 11.6 Å². The third-order valence-corrected chi connectivity index (χ3v) is 3.30. The maximum absolute atomic E-state index is 9.30. The largest absolute Gasteiger partial charge is 0.393 e. The van der Waals surface area contributed by atoms with Gasteiger partial charge in [0.2, 0.25) is 0 Å². The number of hydrogen-bond donors (Lipinski definition) is 3. The average Bonchev–Trinajstić information content (AvgIpc) is 2.44. The number of nitrogens with zero attached hydrogens (tertiary/aromatic N) is 2. The van der Waals surface area contributed by atoms with E-state index in [1.807, 2.05) is 13.8 Å². The lowest BCUT2D eigenvalue weighted by Gasteiger charge is -2.15. The molecule has 1 unspecified atom stereocenters. The average molecular weight is 294 g/mol. The molecule has 0 saturated carbocycles. The van der Waals surface area contributed by atoms with Crippen LogP contribution in [0.5, 0.6) is 0 Å². The Morgan fingerprint density at radius 1 is 1.05 bits per heavy atom. The third kappa shape index (κ3) is 6.29. The maximum Gasteiger partial charge on any atom is 0.134 e. The Balaban J connectivity index is 2.76. The Labute approximate surface area is 128 Å². The van der Waals surface area contributed by atoms with Crippen LogP contribution in [0.15, 0.2) is 0 Å². The second-order valence-electron chi connectivity index (χ2n) is 5.56. The van der Waals surface area contributed by atoms with Crippen LogP contribution in [0.4, 0.5) is 11.6 Å². The first-order chi connectivity index (χ1) is 10.1. The molecule has 0 saturated heterocycles. The minimum atomic E-state index is -0.240. The minimum Gasteiger partial charge on any atom is -0.393 e. The number of aliphatic hydroxyl groups excluding tert-OH is 1. The summed E-state index contributed by atoms with van der Waals surface area (Å²) in [6.07, 6.45) is 4.50. The molecule has 0 radical (unpaired) electrons. The zero-order valence-electron chi connectivity index (χ0n) is 13.9. The van der Waals surface area contributed by atoms with Crippen molar-refractivity contribution < 1.29 is 5.11 Å². The van der Waals surface area contributed by atoms with Gasteiger partial charge in [0, 0.05) is 25.1 Å². The summed E-state index contributed by atoms with van der Waals surface area (Å²) in [5.74, 6) is 2.74. The van der Waals surface area contributed by atoms with Crippen molar-refractivity contribution in [1.29, 1.82) is 0 Å². The number of aliphatic hydroxyl groups is 1. The van der Waals surface area contributed by atoms with Crippen LogP contribution in [0.25, 0.3) is 0 Å². The Morgan fingerprint density at radius 3 is 2.19 bits per heavy atom. The van der Waals surface area contributed by atoms with Gasteiger partial charge in [-0.2, -0.15) is 0 Å². The van der Waals surface area contributed by atoms with E-state index in [0.717, 1.165) is 68.2 Å². The molecule has 0 spiro atoms. The molecule has 1 aromatic heterocycles. The first-order valence-electron chi connectivity index (χ1n) is 8.11. The van der Waals surface area contributed by atoms with Crippen molar-refractivity contribution in [2.75, 3.05) is 23.7 Å². The summed E-state index contributed by atoms with van der Waals surface area (Å²) in [7, 11) is 0. The van der Waals surface area contributed by atoms with Crippen LogP contribution < -0.4 is 10.6 Å². The first-order valence-corrected chi connectivity index (χ1v) is 8.11. The molecular formula is C16H30N4O. The Morgan fingerprint density at radius 2 is 1.67 bits per heavy atom. The standard InChI is InChI=1S/C16H30N4O/c1-5-8-14-19-15(17-10-6-2)13(4)16(20-14)18-11-7-9-12(3)21/h12,21H,5-11H2,1-4H3,(H2,17,18,19,20). The van der Waals surface area contributed by atoms with Crippen molar-refractivity contribution in [2.24, 2.45) is 0 Å². The lowest BCUT2D eigenvalue weighted by molar-refractivity contribution is 0.183. The van der Waals surface area contributed by atoms with Crippen molar-refractivity contribution in [3.63, 3.8) is 0 Å². The van der Waals surface area contributed by atoms with Crippen LogP contribution in [0, 0.1) is 6.92 Å². The van der Waals surface area contributed by atoms with E-state index in [1.54, 1.807) is 0 Å². The number of aromatic nitrogens is 2. The van der Waals surface area contributed by atoms with Crippen molar-refractivity contribution in [1.82, 2.24) is 9.97 Å². The summed E-state index contributed by atoms with van der Waals surface area (Å²) in [5.41, 5.74) is 1.07. The van der Waals surface area contributed by atoms with Gasteiger partial charge in [0.05, 0.1) is 6.10 Å². The van der Waals surface area contributed by atoms with Crippen molar-refractivity contribution in [3.8, 4) is 0 Å². The monoisotopic (exact) mass is 294 g/mol. The molecule has 0 aliphatic carbocycles. The van der Waals surface area contributed by atoms with Crippen LogP contribution in [-0.4, -0.2) is 34.3 Å². The highest BCUT2D eigenvalue weighted by Gasteiger charge is 2.10.